The summed E-state index contributed by atoms with van der Waals surface area (Å²) in [5.74, 6) is 1.52. The number of carbonyl (C=O) groups is 1. The number of thioether (sulfide) groups is 1. The van der Waals surface area contributed by atoms with Gasteiger partial charge in [-0.05, 0) is 12.3 Å². The molecule has 1 rings (SSSR count). The molecule has 1 fully saturated rings. The number of methoxy groups -OCH3 is 1. The van der Waals surface area contributed by atoms with Crippen LogP contribution in [0, 0.1) is 5.92 Å². The van der Waals surface area contributed by atoms with Gasteiger partial charge < -0.3 is 10.1 Å². The van der Waals surface area contributed by atoms with E-state index in [9.17, 15) is 4.79 Å². The molecule has 0 saturated carbocycles. The molecule has 0 bridgehead atoms. The van der Waals surface area contributed by atoms with E-state index in [0.717, 1.165) is 10.9 Å². The van der Waals surface area contributed by atoms with E-state index in [1.54, 1.807) is 11.8 Å². The zero-order valence-electron chi connectivity index (χ0n) is 10.2. The maximum absolute atomic E-state index is 10.9. The second-order valence-electron chi connectivity index (χ2n) is 4.14. The summed E-state index contributed by atoms with van der Waals surface area (Å²) in [6.07, 6.45) is 1.53. The normalized spacial score (nSPS) is 23.2. The van der Waals surface area contributed by atoms with Crippen LogP contribution in [-0.2, 0) is 9.53 Å². The van der Waals surface area contributed by atoms with Gasteiger partial charge in [-0.25, -0.2) is 0 Å². The molecule has 1 atom stereocenters. The quantitative estimate of drug-likeness (QED) is 0.764. The Balaban J connectivity index is 2.35. The van der Waals surface area contributed by atoms with E-state index >= 15 is 0 Å². The summed E-state index contributed by atoms with van der Waals surface area (Å²) in [4.78, 5) is 15.3. The van der Waals surface area contributed by atoms with Crippen LogP contribution in [0.3, 0.4) is 0 Å². The summed E-state index contributed by atoms with van der Waals surface area (Å²) in [5.41, 5.74) is 0. The van der Waals surface area contributed by atoms with E-state index < -0.39 is 0 Å². The molecule has 0 aromatic heterocycles. The predicted molar refractivity (Wildman–Crippen MR) is 67.8 cm³/mol. The first-order chi connectivity index (χ1) is 7.63. The van der Waals surface area contributed by atoms with Crippen LogP contribution in [0.4, 0.5) is 0 Å². The number of carbonyl (C=O) groups excluding carboxylic acids is 1. The molecule has 1 aliphatic heterocycles. The smallest absolute Gasteiger partial charge is 0.307 e. The predicted octanol–water partition coefficient (Wildman–Crippen LogP) is 1.66. The molecule has 1 saturated heterocycles. The number of nitrogens with zero attached hydrogens (tertiary/aromatic N) is 1. The number of amidine groups is 1. The zero-order chi connectivity index (χ0) is 12.0. The molecular formula is C11H20N2O2S. The first-order valence-electron chi connectivity index (χ1n) is 5.64. The SMILES string of the molecule is COC(=O)CCN=C1NC(C(C)C)CCS1. The minimum Gasteiger partial charge on any atom is -0.469 e. The minimum atomic E-state index is -0.203. The van der Waals surface area contributed by atoms with E-state index in [1.807, 2.05) is 0 Å². The van der Waals surface area contributed by atoms with Crippen LogP contribution in [0.2, 0.25) is 0 Å². The van der Waals surface area contributed by atoms with Gasteiger partial charge in [-0.1, -0.05) is 25.6 Å². The van der Waals surface area contributed by atoms with Gasteiger partial charge in [0.15, 0.2) is 5.17 Å². The lowest BCUT2D eigenvalue weighted by Gasteiger charge is -2.28. The molecule has 0 spiro atoms. The van der Waals surface area contributed by atoms with Crippen molar-refractivity contribution in [1.29, 1.82) is 0 Å². The average molecular weight is 244 g/mol. The summed E-state index contributed by atoms with van der Waals surface area (Å²) >= 11 is 1.73. The van der Waals surface area contributed by atoms with Crippen LogP contribution in [0.5, 0.6) is 0 Å². The van der Waals surface area contributed by atoms with Gasteiger partial charge >= 0.3 is 5.97 Å². The number of hydrogen-bond donors (Lipinski definition) is 1. The van der Waals surface area contributed by atoms with Crippen LogP contribution in [0.25, 0.3) is 0 Å². The maximum Gasteiger partial charge on any atom is 0.307 e. The molecule has 0 aliphatic carbocycles. The van der Waals surface area contributed by atoms with Crippen molar-refractivity contribution >= 4 is 22.9 Å². The molecule has 5 heteroatoms. The van der Waals surface area contributed by atoms with Gasteiger partial charge in [0.2, 0.25) is 0 Å². The Bertz CT molecular complexity index is 267. The van der Waals surface area contributed by atoms with Gasteiger partial charge in [-0.15, -0.1) is 0 Å². The van der Waals surface area contributed by atoms with Gasteiger partial charge in [0.05, 0.1) is 20.1 Å². The fraction of sp³-hybridized carbons (Fsp3) is 0.818. The zero-order valence-corrected chi connectivity index (χ0v) is 11.0. The first kappa shape index (κ1) is 13.4. The molecule has 16 heavy (non-hydrogen) atoms. The van der Waals surface area contributed by atoms with Crippen LogP contribution < -0.4 is 5.32 Å². The molecule has 4 nitrogen and oxygen atoms in total. The summed E-state index contributed by atoms with van der Waals surface area (Å²) in [5, 5.41) is 4.37. The van der Waals surface area contributed by atoms with Gasteiger partial charge in [-0.2, -0.15) is 0 Å². The van der Waals surface area contributed by atoms with Gasteiger partial charge in [-0.3, -0.25) is 9.79 Å². The van der Waals surface area contributed by atoms with Crippen molar-refractivity contribution in [3.05, 3.63) is 0 Å². The average Bonchev–Trinajstić information content (AvgIpc) is 2.29. The summed E-state index contributed by atoms with van der Waals surface area (Å²) in [7, 11) is 1.40. The number of hydrogen-bond acceptors (Lipinski definition) is 4. The van der Waals surface area contributed by atoms with Gasteiger partial charge in [0, 0.05) is 11.8 Å². The Morgan fingerprint density at radius 1 is 1.69 bits per heavy atom. The second kappa shape index (κ2) is 6.78. The lowest BCUT2D eigenvalue weighted by Crippen LogP contribution is -2.41. The maximum atomic E-state index is 10.9. The molecule has 0 aromatic carbocycles. The van der Waals surface area contributed by atoms with E-state index in [1.165, 1.54) is 13.5 Å². The Labute approximate surface area is 101 Å². The van der Waals surface area contributed by atoms with Crippen molar-refractivity contribution in [2.45, 2.75) is 32.7 Å². The van der Waals surface area contributed by atoms with Crippen molar-refractivity contribution < 1.29 is 9.53 Å². The van der Waals surface area contributed by atoms with E-state index in [2.05, 4.69) is 28.9 Å². The highest BCUT2D eigenvalue weighted by Gasteiger charge is 2.19. The Hall–Kier alpha value is -0.710. The van der Waals surface area contributed by atoms with Crippen molar-refractivity contribution in [3.8, 4) is 0 Å². The Morgan fingerprint density at radius 3 is 3.06 bits per heavy atom. The Kier molecular flexibility index (Phi) is 5.66. The third-order valence-electron chi connectivity index (χ3n) is 2.58. The molecule has 1 N–H and O–H groups in total. The molecule has 0 amide bonds. The first-order valence-corrected chi connectivity index (χ1v) is 6.62. The highest BCUT2D eigenvalue weighted by atomic mass is 32.2. The number of esters is 1. The third kappa shape index (κ3) is 4.43. The summed E-state index contributed by atoms with van der Waals surface area (Å²) in [6.45, 7) is 4.92. The van der Waals surface area contributed by atoms with E-state index in [-0.39, 0.29) is 5.97 Å². The van der Waals surface area contributed by atoms with Crippen molar-refractivity contribution in [3.63, 3.8) is 0 Å². The van der Waals surface area contributed by atoms with E-state index in [4.69, 9.17) is 0 Å². The molecule has 0 aromatic rings. The highest BCUT2D eigenvalue weighted by molar-refractivity contribution is 8.13. The standard InChI is InChI=1S/C11H20N2O2S/c1-8(2)9-5-7-16-11(13-9)12-6-4-10(14)15-3/h8-9H,4-7H2,1-3H3,(H,12,13). The van der Waals surface area contributed by atoms with Crippen molar-refractivity contribution in [2.75, 3.05) is 19.4 Å². The molecule has 1 unspecified atom stereocenters. The fourth-order valence-corrected chi connectivity index (χ4v) is 2.48. The van der Waals surface area contributed by atoms with Gasteiger partial charge in [0.25, 0.3) is 0 Å². The number of ether oxygens (including phenoxy) is 1. The van der Waals surface area contributed by atoms with Crippen molar-refractivity contribution in [2.24, 2.45) is 10.9 Å². The lowest BCUT2D eigenvalue weighted by atomic mass is 10.0. The van der Waals surface area contributed by atoms with Crippen LogP contribution in [-0.4, -0.2) is 36.6 Å². The lowest BCUT2D eigenvalue weighted by molar-refractivity contribution is -0.140. The highest BCUT2D eigenvalue weighted by Crippen LogP contribution is 2.18. The number of aliphatic imine (C=N–C) groups is 1. The van der Waals surface area contributed by atoms with Gasteiger partial charge in [0.1, 0.15) is 0 Å². The third-order valence-corrected chi connectivity index (χ3v) is 3.54. The molecule has 0 radical (unpaired) electrons. The van der Waals surface area contributed by atoms with E-state index in [0.29, 0.717) is 24.9 Å². The largest absolute Gasteiger partial charge is 0.469 e. The Morgan fingerprint density at radius 2 is 2.44 bits per heavy atom. The fourth-order valence-electron chi connectivity index (χ4n) is 1.50. The number of rotatable bonds is 4. The summed E-state index contributed by atoms with van der Waals surface area (Å²) < 4.78 is 4.56. The second-order valence-corrected chi connectivity index (χ2v) is 5.23. The number of nitrogens with one attached hydrogen (secondary N) is 1. The van der Waals surface area contributed by atoms with Crippen LogP contribution in [0.15, 0.2) is 4.99 Å². The molecule has 92 valence electrons. The molecule has 1 aliphatic rings. The summed E-state index contributed by atoms with van der Waals surface area (Å²) in [6, 6.07) is 0.512. The monoisotopic (exact) mass is 244 g/mol. The van der Waals surface area contributed by atoms with Crippen LogP contribution >= 0.6 is 11.8 Å². The minimum absolute atomic E-state index is 0.203. The molecular weight excluding hydrogens is 224 g/mol. The topological polar surface area (TPSA) is 50.7 Å². The molecule has 1 heterocycles. The van der Waals surface area contributed by atoms with Crippen LogP contribution in [0.1, 0.15) is 26.7 Å². The van der Waals surface area contributed by atoms with Crippen molar-refractivity contribution in [1.82, 2.24) is 5.32 Å².